The van der Waals surface area contributed by atoms with Gasteiger partial charge in [-0.15, -0.1) is 0 Å². The van der Waals surface area contributed by atoms with E-state index in [2.05, 4.69) is 41.2 Å². The van der Waals surface area contributed by atoms with Crippen LogP contribution in [0.5, 0.6) is 11.5 Å². The van der Waals surface area contributed by atoms with Crippen LogP contribution in [-0.2, 0) is 0 Å². The number of hydrogen-bond acceptors (Lipinski definition) is 3. The molecule has 0 bridgehead atoms. The van der Waals surface area contributed by atoms with Crippen LogP contribution in [0.3, 0.4) is 0 Å². The van der Waals surface area contributed by atoms with Gasteiger partial charge in [-0.2, -0.15) is 0 Å². The fourth-order valence-corrected chi connectivity index (χ4v) is 2.69. The maximum absolute atomic E-state index is 5.88. The Morgan fingerprint density at radius 2 is 2.24 bits per heavy atom. The highest BCUT2D eigenvalue weighted by molar-refractivity contribution is 9.10. The third-order valence-electron chi connectivity index (χ3n) is 3.00. The molecule has 2 unspecified atom stereocenters. The summed E-state index contributed by atoms with van der Waals surface area (Å²) in [6.07, 6.45) is 1.27. The van der Waals surface area contributed by atoms with Crippen LogP contribution in [0.15, 0.2) is 16.6 Å². The molecule has 0 saturated heterocycles. The van der Waals surface area contributed by atoms with Gasteiger partial charge < -0.3 is 14.8 Å². The molecular weight excluding hydrogens is 282 g/mol. The molecule has 0 amide bonds. The molecule has 1 aromatic rings. The average molecular weight is 300 g/mol. The summed E-state index contributed by atoms with van der Waals surface area (Å²) in [7, 11) is 1.68. The highest BCUT2D eigenvalue weighted by Gasteiger charge is 2.32. The van der Waals surface area contributed by atoms with Gasteiger partial charge in [0.1, 0.15) is 17.6 Å². The predicted molar refractivity (Wildman–Crippen MR) is 71.8 cm³/mol. The van der Waals surface area contributed by atoms with E-state index in [0.717, 1.165) is 28.9 Å². The van der Waals surface area contributed by atoms with E-state index >= 15 is 0 Å². The molecule has 0 fully saturated rings. The van der Waals surface area contributed by atoms with E-state index in [-0.39, 0.29) is 12.1 Å². The molecular formula is C13H18BrNO2. The second-order valence-corrected chi connectivity index (χ2v) is 5.14. The Bertz CT molecular complexity index is 409. The summed E-state index contributed by atoms with van der Waals surface area (Å²) in [5, 5.41) is 3.51. The Morgan fingerprint density at radius 1 is 1.47 bits per heavy atom. The lowest BCUT2D eigenvalue weighted by Gasteiger charge is -2.16. The lowest BCUT2D eigenvalue weighted by molar-refractivity contribution is 0.209. The van der Waals surface area contributed by atoms with Crippen LogP contribution in [-0.4, -0.2) is 19.8 Å². The van der Waals surface area contributed by atoms with Crippen LogP contribution in [0.1, 0.15) is 31.9 Å². The number of ether oxygens (including phenoxy) is 2. The van der Waals surface area contributed by atoms with Crippen molar-refractivity contribution in [1.29, 1.82) is 0 Å². The topological polar surface area (TPSA) is 30.5 Å². The standard InChI is InChI=1S/C13H18BrNO2/c1-4-5-15-12-8(2)17-13-10(12)6-9(16-3)7-11(13)14/h6-8,12,15H,4-5H2,1-3H3. The zero-order chi connectivity index (χ0) is 12.4. The number of rotatable bonds is 4. The Hall–Kier alpha value is -0.740. The quantitative estimate of drug-likeness (QED) is 0.925. The maximum Gasteiger partial charge on any atom is 0.139 e. The van der Waals surface area contributed by atoms with E-state index in [1.54, 1.807) is 7.11 Å². The second-order valence-electron chi connectivity index (χ2n) is 4.28. The Labute approximate surface area is 111 Å². The van der Waals surface area contributed by atoms with Crippen LogP contribution >= 0.6 is 15.9 Å². The van der Waals surface area contributed by atoms with Crippen molar-refractivity contribution in [1.82, 2.24) is 5.32 Å². The van der Waals surface area contributed by atoms with Crippen LogP contribution in [0.2, 0.25) is 0 Å². The SMILES string of the molecule is CCCNC1c2cc(OC)cc(Br)c2OC1C. The third kappa shape index (κ3) is 2.43. The van der Waals surface area contributed by atoms with Crippen molar-refractivity contribution < 1.29 is 9.47 Å². The minimum Gasteiger partial charge on any atom is -0.497 e. The van der Waals surface area contributed by atoms with Gasteiger partial charge in [0, 0.05) is 5.56 Å². The third-order valence-corrected chi connectivity index (χ3v) is 3.59. The van der Waals surface area contributed by atoms with E-state index in [1.807, 2.05) is 6.07 Å². The van der Waals surface area contributed by atoms with Gasteiger partial charge >= 0.3 is 0 Å². The molecule has 94 valence electrons. The van der Waals surface area contributed by atoms with Crippen molar-refractivity contribution in [3.8, 4) is 11.5 Å². The maximum atomic E-state index is 5.88. The lowest BCUT2D eigenvalue weighted by atomic mass is 10.0. The van der Waals surface area contributed by atoms with Crippen molar-refractivity contribution in [2.75, 3.05) is 13.7 Å². The smallest absolute Gasteiger partial charge is 0.139 e. The summed E-state index contributed by atoms with van der Waals surface area (Å²) in [5.41, 5.74) is 1.18. The van der Waals surface area contributed by atoms with E-state index in [4.69, 9.17) is 9.47 Å². The lowest BCUT2D eigenvalue weighted by Crippen LogP contribution is -2.29. The first-order chi connectivity index (χ1) is 8.17. The van der Waals surface area contributed by atoms with Crippen molar-refractivity contribution in [3.05, 3.63) is 22.2 Å². The molecule has 1 N–H and O–H groups in total. The first-order valence-electron chi connectivity index (χ1n) is 5.94. The molecule has 0 spiro atoms. The van der Waals surface area contributed by atoms with Crippen molar-refractivity contribution in [2.45, 2.75) is 32.4 Å². The Morgan fingerprint density at radius 3 is 2.88 bits per heavy atom. The fourth-order valence-electron chi connectivity index (χ4n) is 2.14. The minimum absolute atomic E-state index is 0.153. The molecule has 0 saturated carbocycles. The first-order valence-corrected chi connectivity index (χ1v) is 6.74. The summed E-state index contributed by atoms with van der Waals surface area (Å²) in [4.78, 5) is 0. The highest BCUT2D eigenvalue weighted by Crippen LogP contribution is 2.44. The zero-order valence-electron chi connectivity index (χ0n) is 10.4. The van der Waals surface area contributed by atoms with Crippen LogP contribution in [0.4, 0.5) is 0 Å². The molecule has 2 atom stereocenters. The van der Waals surface area contributed by atoms with Crippen molar-refractivity contribution in [2.24, 2.45) is 0 Å². The normalized spacial score (nSPS) is 22.1. The summed E-state index contributed by atoms with van der Waals surface area (Å²) in [5.74, 6) is 1.79. The number of nitrogens with one attached hydrogen (secondary N) is 1. The molecule has 1 aliphatic heterocycles. The van der Waals surface area contributed by atoms with Gasteiger partial charge in [0.15, 0.2) is 0 Å². The number of hydrogen-bond donors (Lipinski definition) is 1. The number of benzene rings is 1. The molecule has 1 aliphatic rings. The molecule has 0 aromatic heterocycles. The Kier molecular flexibility index (Phi) is 3.94. The monoisotopic (exact) mass is 299 g/mol. The molecule has 2 rings (SSSR count). The average Bonchev–Trinajstić information content (AvgIpc) is 2.63. The molecule has 0 aliphatic carbocycles. The number of methoxy groups -OCH3 is 1. The summed E-state index contributed by atoms with van der Waals surface area (Å²) >= 11 is 3.53. The molecule has 1 heterocycles. The fraction of sp³-hybridized carbons (Fsp3) is 0.538. The van der Waals surface area contributed by atoms with Crippen LogP contribution in [0.25, 0.3) is 0 Å². The van der Waals surface area contributed by atoms with E-state index < -0.39 is 0 Å². The largest absolute Gasteiger partial charge is 0.497 e. The molecule has 17 heavy (non-hydrogen) atoms. The first kappa shape index (κ1) is 12.7. The molecule has 0 radical (unpaired) electrons. The second kappa shape index (κ2) is 5.27. The summed E-state index contributed by atoms with van der Waals surface area (Å²) < 4.78 is 12.1. The van der Waals surface area contributed by atoms with E-state index in [1.165, 1.54) is 5.56 Å². The molecule has 4 heteroatoms. The number of halogens is 1. The van der Waals surface area contributed by atoms with Gasteiger partial charge in [0.25, 0.3) is 0 Å². The number of fused-ring (bicyclic) bond motifs is 1. The van der Waals surface area contributed by atoms with Gasteiger partial charge in [0.2, 0.25) is 0 Å². The molecule has 3 nitrogen and oxygen atoms in total. The van der Waals surface area contributed by atoms with E-state index in [9.17, 15) is 0 Å². The van der Waals surface area contributed by atoms with Gasteiger partial charge in [-0.25, -0.2) is 0 Å². The Balaban J connectivity index is 2.33. The summed E-state index contributed by atoms with van der Waals surface area (Å²) in [6, 6.07) is 4.24. The van der Waals surface area contributed by atoms with Crippen LogP contribution < -0.4 is 14.8 Å². The van der Waals surface area contributed by atoms with Gasteiger partial charge in [0.05, 0.1) is 17.6 Å². The summed E-state index contributed by atoms with van der Waals surface area (Å²) in [6.45, 7) is 5.24. The zero-order valence-corrected chi connectivity index (χ0v) is 12.0. The van der Waals surface area contributed by atoms with Gasteiger partial charge in [-0.05, 0) is 48.0 Å². The van der Waals surface area contributed by atoms with Gasteiger partial charge in [-0.3, -0.25) is 0 Å². The van der Waals surface area contributed by atoms with E-state index in [0.29, 0.717) is 0 Å². The predicted octanol–water partition coefficient (Wildman–Crippen LogP) is 3.28. The minimum atomic E-state index is 0.153. The van der Waals surface area contributed by atoms with Crippen molar-refractivity contribution >= 4 is 15.9 Å². The van der Waals surface area contributed by atoms with Crippen LogP contribution in [0, 0.1) is 0 Å². The van der Waals surface area contributed by atoms with Crippen molar-refractivity contribution in [3.63, 3.8) is 0 Å². The highest BCUT2D eigenvalue weighted by atomic mass is 79.9. The van der Waals surface area contributed by atoms with Gasteiger partial charge in [-0.1, -0.05) is 6.92 Å². The molecule has 1 aromatic carbocycles.